The van der Waals surface area contributed by atoms with Gasteiger partial charge in [0.15, 0.2) is 0 Å². The van der Waals surface area contributed by atoms with Crippen LogP contribution in [0.1, 0.15) is 12.0 Å². The van der Waals surface area contributed by atoms with E-state index >= 15 is 0 Å². The lowest BCUT2D eigenvalue weighted by Gasteiger charge is -2.14. The molecule has 1 aromatic carbocycles. The molecule has 7 heteroatoms. The molecule has 1 aliphatic rings. The Kier molecular flexibility index (Phi) is 4.21. The van der Waals surface area contributed by atoms with Crippen LogP contribution >= 0.6 is 0 Å². The van der Waals surface area contributed by atoms with Gasteiger partial charge < -0.3 is 15.3 Å². The number of carboxylic acids is 1. The molecule has 1 aromatic rings. The maximum atomic E-state index is 13.1. The summed E-state index contributed by atoms with van der Waals surface area (Å²) in [5.41, 5.74) is 0.892. The van der Waals surface area contributed by atoms with Crippen molar-refractivity contribution in [2.45, 2.75) is 13.3 Å². The summed E-state index contributed by atoms with van der Waals surface area (Å²) in [6.45, 7) is 1.91. The molecule has 21 heavy (non-hydrogen) atoms. The van der Waals surface area contributed by atoms with E-state index in [1.165, 1.54) is 18.2 Å². The average Bonchev–Trinajstić information content (AvgIpc) is 2.91. The van der Waals surface area contributed by atoms with E-state index < -0.39 is 17.8 Å². The van der Waals surface area contributed by atoms with E-state index in [1.54, 1.807) is 6.92 Å². The minimum atomic E-state index is -1.52. The summed E-state index contributed by atoms with van der Waals surface area (Å²) < 4.78 is 13.1. The molecule has 112 valence electrons. The Labute approximate surface area is 120 Å². The van der Waals surface area contributed by atoms with E-state index in [-0.39, 0.29) is 24.8 Å². The van der Waals surface area contributed by atoms with Crippen molar-refractivity contribution in [3.8, 4) is 0 Å². The first-order chi connectivity index (χ1) is 9.88. The molecule has 6 nitrogen and oxygen atoms in total. The first-order valence-corrected chi connectivity index (χ1v) is 6.47. The molecular weight excluding hydrogens is 279 g/mol. The van der Waals surface area contributed by atoms with Crippen molar-refractivity contribution in [2.75, 3.05) is 18.4 Å². The Hall–Kier alpha value is -2.44. The quantitative estimate of drug-likeness (QED) is 0.797. The van der Waals surface area contributed by atoms with E-state index in [0.717, 1.165) is 4.90 Å². The summed E-state index contributed by atoms with van der Waals surface area (Å²) in [6.07, 6.45) is 0.408. The van der Waals surface area contributed by atoms with Crippen molar-refractivity contribution < 1.29 is 23.9 Å². The Morgan fingerprint density at radius 1 is 1.38 bits per heavy atom. The van der Waals surface area contributed by atoms with Gasteiger partial charge in [0.1, 0.15) is 5.82 Å². The normalized spacial score (nSPS) is 17.6. The van der Waals surface area contributed by atoms with E-state index in [4.69, 9.17) is 5.11 Å². The standard InChI is InChI=1S/C14H15FN2O4/c1-8-6-10(2-3-11(8)15)16-12(18)9-4-5-17(7-9)13(19)14(20)21/h2-3,6,9H,4-5,7H2,1H3,(H,16,18)(H,20,21)/t9-/m0/s1. The van der Waals surface area contributed by atoms with Crippen LogP contribution in [-0.4, -0.2) is 40.9 Å². The average molecular weight is 294 g/mol. The van der Waals surface area contributed by atoms with Crippen LogP contribution in [0.15, 0.2) is 18.2 Å². The number of halogens is 1. The summed E-state index contributed by atoms with van der Waals surface area (Å²) in [4.78, 5) is 35.1. The van der Waals surface area contributed by atoms with Crippen LogP contribution in [-0.2, 0) is 14.4 Å². The fraction of sp³-hybridized carbons (Fsp3) is 0.357. The lowest BCUT2D eigenvalue weighted by molar-refractivity contribution is -0.155. The number of anilines is 1. The van der Waals surface area contributed by atoms with Gasteiger partial charge in [0.05, 0.1) is 5.92 Å². The van der Waals surface area contributed by atoms with Gasteiger partial charge >= 0.3 is 11.9 Å². The van der Waals surface area contributed by atoms with Crippen LogP contribution in [0.4, 0.5) is 10.1 Å². The van der Waals surface area contributed by atoms with Crippen molar-refractivity contribution in [3.05, 3.63) is 29.6 Å². The molecule has 2 amide bonds. The smallest absolute Gasteiger partial charge is 0.394 e. The van der Waals surface area contributed by atoms with Crippen LogP contribution < -0.4 is 5.32 Å². The SMILES string of the molecule is Cc1cc(NC(=O)[C@H]2CCN(C(=O)C(=O)O)C2)ccc1F. The molecule has 0 saturated carbocycles. The molecule has 0 spiro atoms. The van der Waals surface area contributed by atoms with Gasteiger partial charge in [-0.15, -0.1) is 0 Å². The van der Waals surface area contributed by atoms with Crippen LogP contribution in [0.3, 0.4) is 0 Å². The number of carbonyl (C=O) groups is 3. The number of nitrogens with zero attached hydrogens (tertiary/aromatic N) is 1. The number of carbonyl (C=O) groups excluding carboxylic acids is 2. The summed E-state index contributed by atoms with van der Waals surface area (Å²) in [7, 11) is 0. The van der Waals surface area contributed by atoms with Crippen molar-refractivity contribution in [3.63, 3.8) is 0 Å². The fourth-order valence-electron chi connectivity index (χ4n) is 2.26. The molecule has 0 aromatic heterocycles. The highest BCUT2D eigenvalue weighted by atomic mass is 19.1. The predicted molar refractivity (Wildman–Crippen MR) is 72.1 cm³/mol. The second-order valence-electron chi connectivity index (χ2n) is 5.00. The van der Waals surface area contributed by atoms with Crippen molar-refractivity contribution >= 4 is 23.5 Å². The number of hydrogen-bond acceptors (Lipinski definition) is 3. The highest BCUT2D eigenvalue weighted by Gasteiger charge is 2.33. The zero-order chi connectivity index (χ0) is 15.6. The monoisotopic (exact) mass is 294 g/mol. The van der Waals surface area contributed by atoms with Crippen molar-refractivity contribution in [2.24, 2.45) is 5.92 Å². The molecule has 1 saturated heterocycles. The number of hydrogen-bond donors (Lipinski definition) is 2. The van der Waals surface area contributed by atoms with Gasteiger partial charge in [-0.05, 0) is 37.1 Å². The lowest BCUT2D eigenvalue weighted by atomic mass is 10.1. The zero-order valence-electron chi connectivity index (χ0n) is 11.4. The van der Waals surface area contributed by atoms with Gasteiger partial charge in [0, 0.05) is 18.8 Å². The minimum Gasteiger partial charge on any atom is -0.474 e. The summed E-state index contributed by atoms with van der Waals surface area (Å²) in [5, 5.41) is 11.3. The van der Waals surface area contributed by atoms with Crippen molar-refractivity contribution in [1.29, 1.82) is 0 Å². The number of likely N-dealkylation sites (tertiary alicyclic amines) is 1. The van der Waals surface area contributed by atoms with Crippen LogP contribution in [0.2, 0.25) is 0 Å². The fourth-order valence-corrected chi connectivity index (χ4v) is 2.26. The van der Waals surface area contributed by atoms with Crippen LogP contribution in [0, 0.1) is 18.7 Å². The maximum Gasteiger partial charge on any atom is 0.394 e. The van der Waals surface area contributed by atoms with E-state index in [0.29, 0.717) is 17.7 Å². The maximum absolute atomic E-state index is 13.1. The Balaban J connectivity index is 1.97. The molecule has 1 atom stereocenters. The van der Waals surface area contributed by atoms with Gasteiger partial charge in [0.2, 0.25) is 5.91 Å². The molecule has 2 rings (SSSR count). The second kappa shape index (κ2) is 5.90. The Morgan fingerprint density at radius 3 is 2.71 bits per heavy atom. The molecule has 1 heterocycles. The van der Waals surface area contributed by atoms with Crippen LogP contribution in [0.25, 0.3) is 0 Å². The summed E-state index contributed by atoms with van der Waals surface area (Å²) in [5.74, 6) is -3.64. The highest BCUT2D eigenvalue weighted by molar-refractivity contribution is 6.31. The van der Waals surface area contributed by atoms with Gasteiger partial charge in [-0.3, -0.25) is 9.59 Å². The van der Waals surface area contributed by atoms with Crippen molar-refractivity contribution in [1.82, 2.24) is 4.90 Å². The van der Waals surface area contributed by atoms with E-state index in [2.05, 4.69) is 5.32 Å². The number of rotatable bonds is 2. The first-order valence-electron chi connectivity index (χ1n) is 6.47. The minimum absolute atomic E-state index is 0.0805. The zero-order valence-corrected chi connectivity index (χ0v) is 11.4. The summed E-state index contributed by atoms with van der Waals surface area (Å²) in [6, 6.07) is 4.23. The first kappa shape index (κ1) is 15.0. The van der Waals surface area contributed by atoms with Crippen LogP contribution in [0.5, 0.6) is 0 Å². The Bertz CT molecular complexity index is 603. The van der Waals surface area contributed by atoms with Gasteiger partial charge in [-0.25, -0.2) is 9.18 Å². The third-order valence-corrected chi connectivity index (χ3v) is 3.45. The predicted octanol–water partition coefficient (Wildman–Crippen LogP) is 1.01. The summed E-state index contributed by atoms with van der Waals surface area (Å²) >= 11 is 0. The van der Waals surface area contributed by atoms with Gasteiger partial charge in [-0.1, -0.05) is 0 Å². The molecule has 2 N–H and O–H groups in total. The van der Waals surface area contributed by atoms with Gasteiger partial charge in [-0.2, -0.15) is 0 Å². The molecule has 0 bridgehead atoms. The molecule has 0 unspecified atom stereocenters. The van der Waals surface area contributed by atoms with E-state index in [9.17, 15) is 18.8 Å². The van der Waals surface area contributed by atoms with Gasteiger partial charge in [0.25, 0.3) is 0 Å². The highest BCUT2D eigenvalue weighted by Crippen LogP contribution is 2.20. The topological polar surface area (TPSA) is 86.7 Å². The molecule has 0 aliphatic carbocycles. The largest absolute Gasteiger partial charge is 0.474 e. The molecular formula is C14H15FN2O4. The van der Waals surface area contributed by atoms with E-state index in [1.807, 2.05) is 0 Å². The number of aliphatic carboxylic acids is 1. The molecule has 1 fully saturated rings. The number of amides is 2. The molecule has 1 aliphatic heterocycles. The number of benzene rings is 1. The molecule has 0 radical (unpaired) electrons. The second-order valence-corrected chi connectivity index (χ2v) is 5.00. The third-order valence-electron chi connectivity index (χ3n) is 3.45. The Morgan fingerprint density at radius 2 is 2.10 bits per heavy atom. The number of nitrogens with one attached hydrogen (secondary N) is 1. The lowest BCUT2D eigenvalue weighted by Crippen LogP contribution is -2.35. The third kappa shape index (κ3) is 3.36. The number of carboxylic acid groups (broad SMARTS) is 1. The number of aryl methyl sites for hydroxylation is 1.